The topological polar surface area (TPSA) is 88.1 Å². The lowest BCUT2D eigenvalue weighted by molar-refractivity contribution is -0.136. The van der Waals surface area contributed by atoms with Gasteiger partial charge in [-0.05, 0) is 12.1 Å². The molecule has 0 aliphatic heterocycles. The normalized spacial score (nSPS) is 10.2. The van der Waals surface area contributed by atoms with E-state index in [1.54, 1.807) is 13.2 Å². The Bertz CT molecular complexity index is 536. The molecule has 0 atom stereocenters. The Balaban J connectivity index is 2.26. The molecular weight excluding hydrogens is 222 g/mol. The fourth-order valence-electron chi connectivity index (χ4n) is 1.41. The summed E-state index contributed by atoms with van der Waals surface area (Å²) in [5, 5.41) is 15.2. The van der Waals surface area contributed by atoms with E-state index in [1.165, 1.54) is 0 Å². The summed E-state index contributed by atoms with van der Waals surface area (Å²) in [5.41, 5.74) is 0.775. The number of carboxylic acids is 1. The summed E-state index contributed by atoms with van der Waals surface area (Å²) in [5.74, 6) is 0.542. The van der Waals surface area contributed by atoms with Crippen LogP contribution in [0.1, 0.15) is 5.82 Å². The number of aliphatic carboxylic acids is 1. The average Bonchev–Trinajstić information content (AvgIpc) is 2.77. The summed E-state index contributed by atoms with van der Waals surface area (Å²) in [4.78, 5) is 14.6. The summed E-state index contributed by atoms with van der Waals surface area (Å²) in [7, 11) is 1.58. The summed E-state index contributed by atoms with van der Waals surface area (Å²) < 4.78 is 5.09. The molecule has 0 fully saturated rings. The standard InChI is InChI=1S/C11H11N3O3/c1-17-8-4-2-3-7(5-8)11-12-9(13-14-11)6-10(15)16/h2-5H,6H2,1H3,(H,15,16)(H,12,13,14). The van der Waals surface area contributed by atoms with Crippen LogP contribution in [0.15, 0.2) is 24.3 Å². The van der Waals surface area contributed by atoms with Gasteiger partial charge in [0.25, 0.3) is 0 Å². The van der Waals surface area contributed by atoms with E-state index in [9.17, 15) is 4.79 Å². The third-order valence-electron chi connectivity index (χ3n) is 2.18. The number of ether oxygens (including phenoxy) is 1. The van der Waals surface area contributed by atoms with Crippen LogP contribution in [0.4, 0.5) is 0 Å². The Morgan fingerprint density at radius 1 is 1.53 bits per heavy atom. The molecule has 1 heterocycles. The lowest BCUT2D eigenvalue weighted by Gasteiger charge is -2.00. The van der Waals surface area contributed by atoms with Crippen LogP contribution in [0.25, 0.3) is 11.4 Å². The molecule has 0 amide bonds. The Hall–Kier alpha value is -2.37. The van der Waals surface area contributed by atoms with Gasteiger partial charge in [0.05, 0.1) is 7.11 Å². The van der Waals surface area contributed by atoms with E-state index in [2.05, 4.69) is 15.2 Å². The number of H-pyrrole nitrogens is 1. The van der Waals surface area contributed by atoms with Gasteiger partial charge in [0.1, 0.15) is 18.0 Å². The van der Waals surface area contributed by atoms with Crippen molar-refractivity contribution in [3.05, 3.63) is 30.1 Å². The summed E-state index contributed by atoms with van der Waals surface area (Å²) in [6.45, 7) is 0. The van der Waals surface area contributed by atoms with Crippen molar-refractivity contribution in [3.63, 3.8) is 0 Å². The van der Waals surface area contributed by atoms with Gasteiger partial charge < -0.3 is 9.84 Å². The Kier molecular flexibility index (Phi) is 3.04. The molecular formula is C11H11N3O3. The minimum atomic E-state index is -0.946. The molecule has 2 aromatic rings. The van der Waals surface area contributed by atoms with Gasteiger partial charge in [-0.2, -0.15) is 5.10 Å². The van der Waals surface area contributed by atoms with Crippen molar-refractivity contribution < 1.29 is 14.6 Å². The lowest BCUT2D eigenvalue weighted by atomic mass is 10.2. The first-order chi connectivity index (χ1) is 8.19. The molecule has 0 spiro atoms. The molecule has 1 aromatic heterocycles. The lowest BCUT2D eigenvalue weighted by Crippen LogP contribution is -2.01. The Labute approximate surface area is 97.3 Å². The van der Waals surface area contributed by atoms with Crippen LogP contribution in [0.2, 0.25) is 0 Å². The van der Waals surface area contributed by atoms with Gasteiger partial charge in [0.15, 0.2) is 5.82 Å². The maximum Gasteiger partial charge on any atom is 0.311 e. The number of benzene rings is 1. The molecule has 1 aromatic carbocycles. The van der Waals surface area contributed by atoms with E-state index in [1.807, 2.05) is 18.2 Å². The van der Waals surface area contributed by atoms with E-state index in [0.29, 0.717) is 17.4 Å². The van der Waals surface area contributed by atoms with E-state index in [0.717, 1.165) is 5.56 Å². The van der Waals surface area contributed by atoms with Gasteiger partial charge in [-0.25, -0.2) is 4.98 Å². The number of aromatic nitrogens is 3. The van der Waals surface area contributed by atoms with Crippen LogP contribution in [0.3, 0.4) is 0 Å². The third kappa shape index (κ3) is 2.60. The fraction of sp³-hybridized carbons (Fsp3) is 0.182. The van der Waals surface area contributed by atoms with Gasteiger partial charge in [0.2, 0.25) is 0 Å². The van der Waals surface area contributed by atoms with Gasteiger partial charge >= 0.3 is 5.97 Å². The van der Waals surface area contributed by atoms with Crippen molar-refractivity contribution in [2.45, 2.75) is 6.42 Å². The molecule has 6 heteroatoms. The first-order valence-electron chi connectivity index (χ1n) is 4.96. The SMILES string of the molecule is COc1cccc(-c2n[nH]c(CC(=O)O)n2)c1. The van der Waals surface area contributed by atoms with Gasteiger partial charge in [-0.15, -0.1) is 0 Å². The first-order valence-corrected chi connectivity index (χ1v) is 4.96. The van der Waals surface area contributed by atoms with Gasteiger partial charge in [-0.3, -0.25) is 9.89 Å². The number of hydrogen-bond donors (Lipinski definition) is 2. The second kappa shape index (κ2) is 4.65. The van der Waals surface area contributed by atoms with E-state index >= 15 is 0 Å². The van der Waals surface area contributed by atoms with Crippen LogP contribution in [-0.4, -0.2) is 33.4 Å². The molecule has 2 rings (SSSR count). The molecule has 2 N–H and O–H groups in total. The zero-order chi connectivity index (χ0) is 12.3. The second-order valence-corrected chi connectivity index (χ2v) is 3.41. The zero-order valence-electron chi connectivity index (χ0n) is 9.17. The molecule has 17 heavy (non-hydrogen) atoms. The predicted octanol–water partition coefficient (Wildman–Crippen LogP) is 1.11. The summed E-state index contributed by atoms with van der Waals surface area (Å²) in [6, 6.07) is 7.25. The minimum Gasteiger partial charge on any atom is -0.497 e. The third-order valence-corrected chi connectivity index (χ3v) is 2.18. The zero-order valence-corrected chi connectivity index (χ0v) is 9.17. The van der Waals surface area contributed by atoms with Crippen molar-refractivity contribution in [2.75, 3.05) is 7.11 Å². The van der Waals surface area contributed by atoms with Crippen LogP contribution in [-0.2, 0) is 11.2 Å². The molecule has 88 valence electrons. The van der Waals surface area contributed by atoms with E-state index < -0.39 is 5.97 Å². The number of aromatic amines is 1. The number of rotatable bonds is 4. The second-order valence-electron chi connectivity index (χ2n) is 3.41. The number of nitrogens with zero attached hydrogens (tertiary/aromatic N) is 2. The smallest absolute Gasteiger partial charge is 0.311 e. The Morgan fingerprint density at radius 2 is 2.35 bits per heavy atom. The highest BCUT2D eigenvalue weighted by Gasteiger charge is 2.09. The quantitative estimate of drug-likeness (QED) is 0.825. The van der Waals surface area contributed by atoms with Crippen molar-refractivity contribution in [3.8, 4) is 17.1 Å². The number of methoxy groups -OCH3 is 1. The number of carbonyl (C=O) groups is 1. The molecule has 0 aliphatic carbocycles. The average molecular weight is 233 g/mol. The van der Waals surface area contributed by atoms with Crippen molar-refractivity contribution >= 4 is 5.97 Å². The van der Waals surface area contributed by atoms with Crippen molar-refractivity contribution in [2.24, 2.45) is 0 Å². The maximum atomic E-state index is 10.5. The number of hydrogen-bond acceptors (Lipinski definition) is 4. The van der Waals surface area contributed by atoms with E-state index in [4.69, 9.17) is 9.84 Å². The molecule has 0 bridgehead atoms. The minimum absolute atomic E-state index is 0.170. The molecule has 0 saturated heterocycles. The van der Waals surface area contributed by atoms with Crippen LogP contribution in [0.5, 0.6) is 5.75 Å². The highest BCUT2D eigenvalue weighted by Crippen LogP contribution is 2.20. The van der Waals surface area contributed by atoms with Crippen LogP contribution < -0.4 is 4.74 Å². The molecule has 6 nitrogen and oxygen atoms in total. The molecule has 0 radical (unpaired) electrons. The first kappa shape index (κ1) is 11.1. The summed E-state index contributed by atoms with van der Waals surface area (Å²) in [6.07, 6.45) is -0.170. The summed E-state index contributed by atoms with van der Waals surface area (Å²) >= 11 is 0. The predicted molar refractivity (Wildman–Crippen MR) is 59.7 cm³/mol. The van der Waals surface area contributed by atoms with Crippen molar-refractivity contribution in [1.29, 1.82) is 0 Å². The maximum absolute atomic E-state index is 10.5. The molecule has 0 saturated carbocycles. The number of carboxylic acid groups (broad SMARTS) is 1. The van der Waals surface area contributed by atoms with Crippen molar-refractivity contribution in [1.82, 2.24) is 15.2 Å². The molecule has 0 unspecified atom stereocenters. The Morgan fingerprint density at radius 3 is 3.06 bits per heavy atom. The van der Waals surface area contributed by atoms with Crippen LogP contribution >= 0.6 is 0 Å². The van der Waals surface area contributed by atoms with Gasteiger partial charge in [-0.1, -0.05) is 12.1 Å². The number of nitrogens with one attached hydrogen (secondary N) is 1. The van der Waals surface area contributed by atoms with Gasteiger partial charge in [0, 0.05) is 5.56 Å². The highest BCUT2D eigenvalue weighted by atomic mass is 16.5. The fourth-order valence-corrected chi connectivity index (χ4v) is 1.41. The monoisotopic (exact) mass is 233 g/mol. The van der Waals surface area contributed by atoms with E-state index in [-0.39, 0.29) is 6.42 Å². The largest absolute Gasteiger partial charge is 0.497 e. The molecule has 0 aliphatic rings. The highest BCUT2D eigenvalue weighted by molar-refractivity contribution is 5.69. The van der Waals surface area contributed by atoms with Crippen LogP contribution in [0, 0.1) is 0 Å².